The Morgan fingerprint density at radius 2 is 2.26 bits per heavy atom. The number of likely N-dealkylation sites (tertiary alicyclic amines) is 1. The van der Waals surface area contributed by atoms with Gasteiger partial charge in [-0.3, -0.25) is 4.90 Å². The van der Waals surface area contributed by atoms with E-state index in [2.05, 4.69) is 43.8 Å². The predicted molar refractivity (Wildman–Crippen MR) is 83.9 cm³/mol. The minimum absolute atomic E-state index is 0.360. The molecule has 2 rings (SSSR count). The standard InChI is InChI=1S/C15H27N3S/c1-11-8-14(12(2)19-11)15(9-16)18(4)10-13-6-5-7-17(13)3/h8,13,15H,5-7,9-10,16H2,1-4H3. The predicted octanol–water partition coefficient (Wildman–Crippen LogP) is 2.39. The van der Waals surface area contributed by atoms with Crippen molar-refractivity contribution in [3.8, 4) is 0 Å². The fourth-order valence-corrected chi connectivity index (χ4v) is 4.18. The molecular weight excluding hydrogens is 254 g/mol. The van der Waals surface area contributed by atoms with Crippen LogP contribution in [0.1, 0.15) is 34.2 Å². The third-order valence-corrected chi connectivity index (χ3v) is 5.35. The van der Waals surface area contributed by atoms with Crippen molar-refractivity contribution in [1.82, 2.24) is 9.80 Å². The molecule has 1 fully saturated rings. The lowest BCUT2D eigenvalue weighted by atomic mass is 10.1. The molecule has 2 N–H and O–H groups in total. The highest BCUT2D eigenvalue weighted by Gasteiger charge is 2.26. The highest BCUT2D eigenvalue weighted by atomic mass is 32.1. The Labute approximate surface area is 121 Å². The molecule has 3 nitrogen and oxygen atoms in total. The zero-order chi connectivity index (χ0) is 14.0. The van der Waals surface area contributed by atoms with Gasteiger partial charge in [-0.15, -0.1) is 11.3 Å². The molecule has 1 aliphatic rings. The zero-order valence-corrected chi connectivity index (χ0v) is 13.5. The summed E-state index contributed by atoms with van der Waals surface area (Å²) in [6.45, 7) is 7.45. The summed E-state index contributed by atoms with van der Waals surface area (Å²) in [7, 11) is 4.46. The van der Waals surface area contributed by atoms with Gasteiger partial charge in [-0.25, -0.2) is 0 Å². The van der Waals surface area contributed by atoms with Crippen LogP contribution in [0.2, 0.25) is 0 Å². The van der Waals surface area contributed by atoms with Crippen LogP contribution in [0.15, 0.2) is 6.07 Å². The minimum Gasteiger partial charge on any atom is -0.329 e. The van der Waals surface area contributed by atoms with Gasteiger partial charge < -0.3 is 10.6 Å². The highest BCUT2D eigenvalue weighted by molar-refractivity contribution is 7.12. The molecule has 1 aliphatic heterocycles. The van der Waals surface area contributed by atoms with Crippen molar-refractivity contribution in [2.24, 2.45) is 5.73 Å². The van der Waals surface area contributed by atoms with Crippen LogP contribution in [0.25, 0.3) is 0 Å². The Bertz CT molecular complexity index is 416. The number of nitrogens with two attached hydrogens (primary N) is 1. The van der Waals surface area contributed by atoms with Gasteiger partial charge in [0.15, 0.2) is 0 Å². The van der Waals surface area contributed by atoms with Gasteiger partial charge in [0.05, 0.1) is 0 Å². The molecule has 2 unspecified atom stereocenters. The van der Waals surface area contributed by atoms with E-state index < -0.39 is 0 Å². The monoisotopic (exact) mass is 281 g/mol. The largest absolute Gasteiger partial charge is 0.329 e. The van der Waals surface area contributed by atoms with Crippen LogP contribution < -0.4 is 5.73 Å². The van der Waals surface area contributed by atoms with E-state index in [1.54, 1.807) is 0 Å². The fraction of sp³-hybridized carbons (Fsp3) is 0.733. The number of thiophene rings is 1. The van der Waals surface area contributed by atoms with Crippen LogP contribution in [0.5, 0.6) is 0 Å². The van der Waals surface area contributed by atoms with Crippen LogP contribution in [0.4, 0.5) is 0 Å². The maximum Gasteiger partial charge on any atom is 0.0479 e. The van der Waals surface area contributed by atoms with E-state index in [0.717, 1.165) is 6.54 Å². The van der Waals surface area contributed by atoms with E-state index in [0.29, 0.717) is 18.6 Å². The Morgan fingerprint density at radius 1 is 1.53 bits per heavy atom. The molecule has 1 aromatic rings. The second-order valence-electron chi connectivity index (χ2n) is 5.84. The highest BCUT2D eigenvalue weighted by Crippen LogP contribution is 2.29. The van der Waals surface area contributed by atoms with Gasteiger partial charge in [0.2, 0.25) is 0 Å². The van der Waals surface area contributed by atoms with E-state index >= 15 is 0 Å². The average Bonchev–Trinajstić information content (AvgIpc) is 2.88. The fourth-order valence-electron chi connectivity index (χ4n) is 3.20. The van der Waals surface area contributed by atoms with Crippen LogP contribution >= 0.6 is 11.3 Å². The molecule has 2 heterocycles. The third kappa shape index (κ3) is 3.37. The maximum atomic E-state index is 6.04. The maximum absolute atomic E-state index is 6.04. The Morgan fingerprint density at radius 3 is 2.74 bits per heavy atom. The third-order valence-electron chi connectivity index (χ3n) is 4.36. The number of hydrogen-bond donors (Lipinski definition) is 1. The molecule has 0 aliphatic carbocycles. The first-order valence-corrected chi connectivity index (χ1v) is 8.02. The van der Waals surface area contributed by atoms with E-state index in [-0.39, 0.29) is 0 Å². The van der Waals surface area contributed by atoms with E-state index in [1.165, 1.54) is 34.7 Å². The summed E-state index contributed by atoms with van der Waals surface area (Å²) in [4.78, 5) is 7.73. The normalized spacial score (nSPS) is 22.3. The summed E-state index contributed by atoms with van der Waals surface area (Å²) in [5.41, 5.74) is 7.47. The van der Waals surface area contributed by atoms with E-state index in [1.807, 2.05) is 11.3 Å². The lowest BCUT2D eigenvalue weighted by molar-refractivity contribution is 0.179. The van der Waals surface area contributed by atoms with Crippen LogP contribution in [0, 0.1) is 13.8 Å². The zero-order valence-electron chi connectivity index (χ0n) is 12.6. The van der Waals surface area contributed by atoms with Crippen molar-refractivity contribution in [3.63, 3.8) is 0 Å². The molecule has 0 amide bonds. The van der Waals surface area contributed by atoms with Crippen molar-refractivity contribution in [3.05, 3.63) is 21.4 Å². The molecule has 0 aromatic carbocycles. The van der Waals surface area contributed by atoms with E-state index in [9.17, 15) is 0 Å². The first-order valence-electron chi connectivity index (χ1n) is 7.20. The summed E-state index contributed by atoms with van der Waals surface area (Å²) in [5.74, 6) is 0. The number of rotatable bonds is 5. The van der Waals surface area contributed by atoms with Crippen molar-refractivity contribution in [2.45, 2.75) is 38.8 Å². The molecule has 108 valence electrons. The molecule has 1 aromatic heterocycles. The topological polar surface area (TPSA) is 32.5 Å². The molecule has 0 saturated carbocycles. The van der Waals surface area contributed by atoms with Gasteiger partial charge in [0.25, 0.3) is 0 Å². The second-order valence-corrected chi connectivity index (χ2v) is 7.30. The quantitative estimate of drug-likeness (QED) is 0.899. The molecule has 2 atom stereocenters. The first kappa shape index (κ1) is 15.0. The minimum atomic E-state index is 0.360. The van der Waals surface area contributed by atoms with Gasteiger partial charge in [0, 0.05) is 34.9 Å². The van der Waals surface area contributed by atoms with Crippen molar-refractivity contribution in [1.29, 1.82) is 0 Å². The molecule has 19 heavy (non-hydrogen) atoms. The van der Waals surface area contributed by atoms with Gasteiger partial charge in [-0.05, 0) is 59.0 Å². The lowest BCUT2D eigenvalue weighted by Crippen LogP contribution is -2.40. The SMILES string of the molecule is Cc1cc(C(CN)N(C)CC2CCCN2C)c(C)s1. The number of likely N-dealkylation sites (N-methyl/N-ethyl adjacent to an activating group) is 2. The number of nitrogens with zero attached hydrogens (tertiary/aromatic N) is 2. The van der Waals surface area contributed by atoms with Gasteiger partial charge in [-0.1, -0.05) is 0 Å². The lowest BCUT2D eigenvalue weighted by Gasteiger charge is -2.32. The molecule has 4 heteroatoms. The molecule has 0 bridgehead atoms. The van der Waals surface area contributed by atoms with Gasteiger partial charge in [0.1, 0.15) is 0 Å². The molecule has 0 radical (unpaired) electrons. The smallest absolute Gasteiger partial charge is 0.0479 e. The Balaban J connectivity index is 2.06. The number of aryl methyl sites for hydroxylation is 2. The molecular formula is C15H27N3S. The average molecular weight is 281 g/mol. The molecule has 0 spiro atoms. The summed E-state index contributed by atoms with van der Waals surface area (Å²) in [6, 6.07) is 3.37. The summed E-state index contributed by atoms with van der Waals surface area (Å²) in [5, 5.41) is 0. The van der Waals surface area contributed by atoms with Gasteiger partial charge >= 0.3 is 0 Å². The van der Waals surface area contributed by atoms with Crippen molar-refractivity contribution >= 4 is 11.3 Å². The van der Waals surface area contributed by atoms with Crippen LogP contribution in [-0.4, -0.2) is 49.6 Å². The van der Waals surface area contributed by atoms with Gasteiger partial charge in [-0.2, -0.15) is 0 Å². The summed E-state index contributed by atoms with van der Waals surface area (Å²) < 4.78 is 0. The van der Waals surface area contributed by atoms with Crippen molar-refractivity contribution in [2.75, 3.05) is 33.7 Å². The summed E-state index contributed by atoms with van der Waals surface area (Å²) in [6.07, 6.45) is 2.65. The summed E-state index contributed by atoms with van der Waals surface area (Å²) >= 11 is 1.88. The first-order chi connectivity index (χ1) is 9.02. The van der Waals surface area contributed by atoms with Crippen LogP contribution in [-0.2, 0) is 0 Å². The second kappa shape index (κ2) is 6.35. The number of hydrogen-bond acceptors (Lipinski definition) is 4. The van der Waals surface area contributed by atoms with E-state index in [4.69, 9.17) is 5.73 Å². The Hall–Kier alpha value is -0.420. The Kier molecular flexibility index (Phi) is 5.01. The van der Waals surface area contributed by atoms with Crippen LogP contribution in [0.3, 0.4) is 0 Å². The molecule has 1 saturated heterocycles. The van der Waals surface area contributed by atoms with Crippen molar-refractivity contribution < 1.29 is 0 Å².